The molecule has 5 heteroatoms. The average molecular weight is 238 g/mol. The van der Waals surface area contributed by atoms with Gasteiger partial charge in [0.2, 0.25) is 5.91 Å². The highest BCUT2D eigenvalue weighted by Crippen LogP contribution is 2.16. The number of carboxylic acids is 1. The summed E-state index contributed by atoms with van der Waals surface area (Å²) in [5, 5.41) is 8.93. The molecule has 16 heavy (non-hydrogen) atoms. The fourth-order valence-corrected chi connectivity index (χ4v) is 1.20. The lowest BCUT2D eigenvalue weighted by molar-refractivity contribution is -0.117. The number of amides is 1. The molecule has 1 rings (SSSR count). The van der Waals surface area contributed by atoms with Gasteiger partial charge >= 0.3 is 5.97 Å². The SMILES string of the molecule is NC(=O)CC#Cc1ccc(C(=O)O)cc1Cl. The first-order chi connectivity index (χ1) is 7.50. The first-order valence-electron chi connectivity index (χ1n) is 4.30. The molecule has 82 valence electrons. The van der Waals surface area contributed by atoms with E-state index in [-0.39, 0.29) is 17.0 Å². The Morgan fingerprint density at radius 2 is 2.12 bits per heavy atom. The van der Waals surface area contributed by atoms with Gasteiger partial charge in [0.15, 0.2) is 0 Å². The Balaban J connectivity index is 2.94. The van der Waals surface area contributed by atoms with E-state index in [1.807, 2.05) is 0 Å². The largest absolute Gasteiger partial charge is 0.478 e. The van der Waals surface area contributed by atoms with E-state index in [9.17, 15) is 9.59 Å². The number of halogens is 1. The van der Waals surface area contributed by atoms with Crippen molar-refractivity contribution in [1.29, 1.82) is 0 Å². The molecule has 0 saturated carbocycles. The fraction of sp³-hybridized carbons (Fsp3) is 0.0909. The molecule has 4 nitrogen and oxygen atoms in total. The number of nitrogens with two attached hydrogens (primary N) is 1. The average Bonchev–Trinajstić information content (AvgIpc) is 2.19. The first-order valence-corrected chi connectivity index (χ1v) is 4.68. The Morgan fingerprint density at radius 3 is 2.62 bits per heavy atom. The maximum Gasteiger partial charge on any atom is 0.335 e. The molecule has 0 aliphatic rings. The standard InChI is InChI=1S/C11H8ClNO3/c12-9-6-8(11(15)16)5-4-7(9)2-1-3-10(13)14/h4-6H,3H2,(H2,13,14)(H,15,16). The zero-order valence-corrected chi connectivity index (χ0v) is 8.91. The molecule has 1 amide bonds. The summed E-state index contributed by atoms with van der Waals surface area (Å²) in [7, 11) is 0. The highest BCUT2D eigenvalue weighted by molar-refractivity contribution is 6.32. The summed E-state index contributed by atoms with van der Waals surface area (Å²) < 4.78 is 0. The summed E-state index contributed by atoms with van der Waals surface area (Å²) in [6.07, 6.45) is -0.0585. The normalized spacial score (nSPS) is 9.06. The van der Waals surface area contributed by atoms with Crippen molar-refractivity contribution >= 4 is 23.5 Å². The van der Waals surface area contributed by atoms with E-state index in [1.54, 1.807) is 0 Å². The third-order valence-corrected chi connectivity index (χ3v) is 2.01. The monoisotopic (exact) mass is 237 g/mol. The number of carbonyl (C=O) groups excluding carboxylic acids is 1. The van der Waals surface area contributed by atoms with Crippen molar-refractivity contribution in [3.05, 3.63) is 34.3 Å². The summed E-state index contributed by atoms with van der Waals surface area (Å²) in [6.45, 7) is 0. The first kappa shape index (κ1) is 12.1. The Bertz CT molecular complexity index is 500. The molecule has 1 aromatic carbocycles. The lowest BCUT2D eigenvalue weighted by Gasteiger charge is -1.97. The van der Waals surface area contributed by atoms with Crippen LogP contribution in [0, 0.1) is 11.8 Å². The number of rotatable bonds is 2. The van der Waals surface area contributed by atoms with Crippen LogP contribution in [0.5, 0.6) is 0 Å². The molecular weight excluding hydrogens is 230 g/mol. The Labute approximate surface area is 97.0 Å². The van der Waals surface area contributed by atoms with Gasteiger partial charge in [0.05, 0.1) is 17.0 Å². The molecule has 0 spiro atoms. The van der Waals surface area contributed by atoms with E-state index in [0.29, 0.717) is 5.56 Å². The third-order valence-electron chi connectivity index (χ3n) is 1.70. The van der Waals surface area contributed by atoms with Gasteiger partial charge in [-0.1, -0.05) is 23.4 Å². The van der Waals surface area contributed by atoms with E-state index in [1.165, 1.54) is 18.2 Å². The zero-order valence-electron chi connectivity index (χ0n) is 8.16. The third kappa shape index (κ3) is 3.30. The molecule has 0 unspecified atom stereocenters. The molecule has 0 aromatic heterocycles. The number of carbonyl (C=O) groups is 2. The molecule has 0 atom stereocenters. The Kier molecular flexibility index (Phi) is 3.92. The van der Waals surface area contributed by atoms with Gasteiger partial charge in [0, 0.05) is 5.56 Å². The molecule has 0 radical (unpaired) electrons. The van der Waals surface area contributed by atoms with Crippen LogP contribution in [-0.4, -0.2) is 17.0 Å². The van der Waals surface area contributed by atoms with E-state index in [2.05, 4.69) is 11.8 Å². The van der Waals surface area contributed by atoms with E-state index >= 15 is 0 Å². The van der Waals surface area contributed by atoms with Crippen LogP contribution in [0.4, 0.5) is 0 Å². The van der Waals surface area contributed by atoms with Crippen molar-refractivity contribution in [1.82, 2.24) is 0 Å². The van der Waals surface area contributed by atoms with Crippen molar-refractivity contribution in [2.75, 3.05) is 0 Å². The van der Waals surface area contributed by atoms with Crippen molar-refractivity contribution in [3.63, 3.8) is 0 Å². The van der Waals surface area contributed by atoms with Crippen LogP contribution in [0.2, 0.25) is 5.02 Å². The molecule has 0 fully saturated rings. The highest BCUT2D eigenvalue weighted by Gasteiger charge is 2.05. The van der Waals surface area contributed by atoms with Gasteiger partial charge in [-0.3, -0.25) is 4.79 Å². The number of hydrogen-bond acceptors (Lipinski definition) is 2. The molecule has 3 N–H and O–H groups in total. The second-order valence-corrected chi connectivity index (χ2v) is 3.35. The highest BCUT2D eigenvalue weighted by atomic mass is 35.5. The van der Waals surface area contributed by atoms with Crippen LogP contribution >= 0.6 is 11.6 Å². The summed E-state index contributed by atoms with van der Waals surface area (Å²) in [5.41, 5.74) is 5.46. The smallest absolute Gasteiger partial charge is 0.335 e. The van der Waals surface area contributed by atoms with Gasteiger partial charge < -0.3 is 10.8 Å². The van der Waals surface area contributed by atoms with Crippen LogP contribution < -0.4 is 5.73 Å². The van der Waals surface area contributed by atoms with Gasteiger partial charge in [-0.05, 0) is 18.2 Å². The minimum absolute atomic E-state index is 0.0585. The van der Waals surface area contributed by atoms with Crippen molar-refractivity contribution in [2.45, 2.75) is 6.42 Å². The molecule has 0 saturated heterocycles. The van der Waals surface area contributed by atoms with Gasteiger partial charge in [-0.25, -0.2) is 4.79 Å². The van der Waals surface area contributed by atoms with Crippen LogP contribution in [0.15, 0.2) is 18.2 Å². The predicted molar refractivity (Wildman–Crippen MR) is 59.1 cm³/mol. The van der Waals surface area contributed by atoms with E-state index < -0.39 is 11.9 Å². The van der Waals surface area contributed by atoms with Crippen LogP contribution in [0.3, 0.4) is 0 Å². The van der Waals surface area contributed by atoms with E-state index in [0.717, 1.165) is 0 Å². The molecule has 1 aromatic rings. The fourth-order valence-electron chi connectivity index (χ4n) is 0.976. The predicted octanol–water partition coefficient (Wildman–Crippen LogP) is 1.27. The number of hydrogen-bond donors (Lipinski definition) is 2. The summed E-state index contributed by atoms with van der Waals surface area (Å²) in [6, 6.07) is 4.18. The minimum atomic E-state index is -1.06. The van der Waals surface area contributed by atoms with Gasteiger partial charge in [0.1, 0.15) is 0 Å². The summed E-state index contributed by atoms with van der Waals surface area (Å²) >= 11 is 5.81. The second-order valence-electron chi connectivity index (χ2n) is 2.94. The van der Waals surface area contributed by atoms with Crippen LogP contribution in [0.25, 0.3) is 0 Å². The van der Waals surface area contributed by atoms with E-state index in [4.69, 9.17) is 22.4 Å². The lowest BCUT2D eigenvalue weighted by atomic mass is 10.1. The Hall–Kier alpha value is -1.99. The maximum absolute atomic E-state index is 10.6. The van der Waals surface area contributed by atoms with Gasteiger partial charge in [-0.2, -0.15) is 0 Å². The number of primary amides is 1. The summed E-state index contributed by atoms with van der Waals surface area (Å²) in [5.74, 6) is 3.59. The molecular formula is C11H8ClNO3. The molecule has 0 bridgehead atoms. The number of aromatic carboxylic acids is 1. The topological polar surface area (TPSA) is 80.4 Å². The Morgan fingerprint density at radius 1 is 1.44 bits per heavy atom. The molecule has 0 heterocycles. The van der Waals surface area contributed by atoms with Crippen molar-refractivity contribution < 1.29 is 14.7 Å². The number of carboxylic acid groups (broad SMARTS) is 1. The minimum Gasteiger partial charge on any atom is -0.478 e. The van der Waals surface area contributed by atoms with Gasteiger partial charge in [0.25, 0.3) is 0 Å². The number of benzene rings is 1. The molecule has 0 aliphatic carbocycles. The summed E-state index contributed by atoms with van der Waals surface area (Å²) in [4.78, 5) is 21.0. The molecule has 0 aliphatic heterocycles. The van der Waals surface area contributed by atoms with Crippen molar-refractivity contribution in [2.24, 2.45) is 5.73 Å². The lowest BCUT2D eigenvalue weighted by Crippen LogP contribution is -2.08. The maximum atomic E-state index is 10.6. The quantitative estimate of drug-likeness (QED) is 0.760. The second kappa shape index (κ2) is 5.19. The zero-order chi connectivity index (χ0) is 12.1. The van der Waals surface area contributed by atoms with Crippen molar-refractivity contribution in [3.8, 4) is 11.8 Å². The van der Waals surface area contributed by atoms with Gasteiger partial charge in [-0.15, -0.1) is 0 Å². The van der Waals surface area contributed by atoms with Crippen LogP contribution in [0.1, 0.15) is 22.3 Å². The van der Waals surface area contributed by atoms with Crippen LogP contribution in [-0.2, 0) is 4.79 Å².